The summed E-state index contributed by atoms with van der Waals surface area (Å²) in [6.07, 6.45) is 9.19. The van der Waals surface area contributed by atoms with Gasteiger partial charge in [-0.3, -0.25) is 0 Å². The molecule has 13 aromatic rings. The third kappa shape index (κ3) is 11.9. The highest BCUT2D eigenvalue weighted by atomic mass is 15.2. The van der Waals surface area contributed by atoms with E-state index >= 15 is 0 Å². The Bertz CT molecular complexity index is 4210. The number of fused-ring (bicyclic) bond motifs is 4. The van der Waals surface area contributed by atoms with Gasteiger partial charge in [0.1, 0.15) is 0 Å². The number of benzene rings is 13. The zero-order chi connectivity index (χ0) is 60.4. The molecule has 0 aliphatic heterocycles. The van der Waals surface area contributed by atoms with Crippen LogP contribution in [0.25, 0.3) is 89.7 Å². The average Bonchev–Trinajstić information content (AvgIpc) is 1.35. The second-order valence-electron chi connectivity index (χ2n) is 24.0. The number of hydrogen-bond donors (Lipinski definition) is 0. The van der Waals surface area contributed by atoms with Crippen LogP contribution in [-0.2, 0) is 0 Å². The van der Waals surface area contributed by atoms with Crippen molar-refractivity contribution < 1.29 is 0 Å². The number of anilines is 6. The summed E-state index contributed by atoms with van der Waals surface area (Å²) in [4.78, 5) is 5.02. The summed E-state index contributed by atoms with van der Waals surface area (Å²) in [6.45, 7) is 17.4. The number of aryl methyl sites for hydroxylation is 4. The van der Waals surface area contributed by atoms with E-state index in [-0.39, 0.29) is 0 Å². The van der Waals surface area contributed by atoms with Crippen molar-refractivity contribution in [2.75, 3.05) is 9.80 Å². The van der Waals surface area contributed by atoms with Crippen LogP contribution in [0.5, 0.6) is 0 Å². The lowest BCUT2D eigenvalue weighted by Crippen LogP contribution is -2.15. The van der Waals surface area contributed by atoms with Crippen LogP contribution in [0, 0.1) is 27.7 Å². The summed E-state index contributed by atoms with van der Waals surface area (Å²) in [5.74, 6) is 0. The Morgan fingerprint density at radius 3 is 0.625 bits per heavy atom. The quantitative estimate of drug-likeness (QED) is 0.0608. The second-order valence-corrected chi connectivity index (χ2v) is 24.0. The molecule has 2 nitrogen and oxygen atoms in total. The van der Waals surface area contributed by atoms with E-state index in [0.717, 1.165) is 77.9 Å². The van der Waals surface area contributed by atoms with Crippen LogP contribution >= 0.6 is 0 Å². The molecule has 0 radical (unpaired) electrons. The van der Waals surface area contributed by atoms with Gasteiger partial charge < -0.3 is 9.80 Å². The lowest BCUT2D eigenvalue weighted by molar-refractivity contribution is 1.29. The fourth-order valence-corrected chi connectivity index (χ4v) is 12.3. The predicted octanol–water partition coefficient (Wildman–Crippen LogP) is 24.7. The maximum atomic E-state index is 2.51. The molecule has 0 aromatic heterocycles. The van der Waals surface area contributed by atoms with E-state index in [0.29, 0.717) is 0 Å². The number of nitrogens with zero attached hydrogens (tertiary/aromatic N) is 2. The van der Waals surface area contributed by atoms with Crippen molar-refractivity contribution in [2.45, 2.75) is 55.4 Å². The van der Waals surface area contributed by atoms with Crippen LogP contribution in [0.3, 0.4) is 0 Å². The summed E-state index contributed by atoms with van der Waals surface area (Å²) >= 11 is 0. The third-order valence-corrected chi connectivity index (χ3v) is 17.4. The predicted molar refractivity (Wildman–Crippen MR) is 385 cm³/mol. The van der Waals surface area contributed by atoms with E-state index in [9.17, 15) is 0 Å². The van der Waals surface area contributed by atoms with E-state index < -0.39 is 0 Å². The highest BCUT2D eigenvalue weighted by Crippen LogP contribution is 2.53. The largest absolute Gasteiger partial charge is 0.309 e. The molecule has 0 N–H and O–H groups in total. The van der Waals surface area contributed by atoms with E-state index in [4.69, 9.17) is 0 Å². The van der Waals surface area contributed by atoms with Gasteiger partial charge in [0.25, 0.3) is 0 Å². The summed E-state index contributed by atoms with van der Waals surface area (Å²) in [5.41, 5.74) is 25.8. The molecule has 0 atom stereocenters. The van der Waals surface area contributed by atoms with Gasteiger partial charge in [-0.05, 0) is 217 Å². The molecule has 426 valence electrons. The third-order valence-electron chi connectivity index (χ3n) is 17.4. The Morgan fingerprint density at radius 1 is 0.239 bits per heavy atom. The van der Waals surface area contributed by atoms with Crippen LogP contribution in [0.15, 0.2) is 267 Å². The summed E-state index contributed by atoms with van der Waals surface area (Å²) in [6, 6.07) is 99.3. The maximum absolute atomic E-state index is 2.51. The van der Waals surface area contributed by atoms with Crippen LogP contribution in [0.2, 0.25) is 0 Å². The van der Waals surface area contributed by atoms with Gasteiger partial charge in [0.15, 0.2) is 0 Å². The molecule has 2 heteroatoms. The van der Waals surface area contributed by atoms with Crippen molar-refractivity contribution in [1.82, 2.24) is 0 Å². The summed E-state index contributed by atoms with van der Waals surface area (Å²) in [7, 11) is 0. The number of rotatable bonds is 14. The minimum Gasteiger partial charge on any atom is -0.309 e. The van der Waals surface area contributed by atoms with Gasteiger partial charge in [-0.15, -0.1) is 0 Å². The minimum absolute atomic E-state index is 1.06. The molecule has 0 aliphatic carbocycles. The lowest BCUT2D eigenvalue weighted by atomic mass is 9.91. The van der Waals surface area contributed by atoms with Gasteiger partial charge in [-0.1, -0.05) is 241 Å². The standard InChI is InChI=1S/C86H72N2/c1-57-17-33-69(34-18-57)61(5)49-65-25-41-77(42-26-65)87(78-43-27-66(28-44-78)50-62(6)70-35-19-58(2)20-36-70)85-81-53-73-13-9-11-15-75(73)55-83(81)86(84-56-76-16-12-10-14-74(76)54-82(84)85)88(79-45-29-67(30-46-79)51-63(7)71-37-21-59(3)22-38-71)80-47-31-68(32-48-80)52-64(8)72-39-23-60(4)24-40-72/h9-56H,1-8H3/b61-49+,62-50+,63-51+,64-52+. The first kappa shape index (κ1) is 56.6. The van der Waals surface area contributed by atoms with Crippen LogP contribution in [0.1, 0.15) is 94.5 Å². The Hall–Kier alpha value is -10.5. The van der Waals surface area contributed by atoms with E-state index in [1.807, 2.05) is 0 Å². The molecule has 0 bridgehead atoms. The smallest absolute Gasteiger partial charge is 0.0620 e. The van der Waals surface area contributed by atoms with E-state index in [2.05, 4.69) is 356 Å². The van der Waals surface area contributed by atoms with Crippen LogP contribution in [0.4, 0.5) is 34.1 Å². The Kier molecular flexibility index (Phi) is 15.7. The number of allylic oxidation sites excluding steroid dienone is 4. The first-order chi connectivity index (χ1) is 42.8. The Morgan fingerprint density at radius 2 is 0.432 bits per heavy atom. The minimum atomic E-state index is 1.06. The zero-order valence-corrected chi connectivity index (χ0v) is 51.6. The topological polar surface area (TPSA) is 6.48 Å². The van der Waals surface area contributed by atoms with Crippen molar-refractivity contribution in [3.8, 4) is 0 Å². The molecule has 0 fully saturated rings. The van der Waals surface area contributed by atoms with Gasteiger partial charge in [-0.25, -0.2) is 0 Å². The summed E-state index contributed by atoms with van der Waals surface area (Å²) < 4.78 is 0. The molecule has 0 heterocycles. The molecule has 0 spiro atoms. The monoisotopic (exact) mass is 1130 g/mol. The molecule has 88 heavy (non-hydrogen) atoms. The first-order valence-electron chi connectivity index (χ1n) is 30.7. The van der Waals surface area contributed by atoms with Crippen molar-refractivity contribution >= 4 is 124 Å². The van der Waals surface area contributed by atoms with Gasteiger partial charge in [0.2, 0.25) is 0 Å². The molecular formula is C86H72N2. The van der Waals surface area contributed by atoms with Crippen LogP contribution in [-0.4, -0.2) is 0 Å². The molecule has 0 saturated carbocycles. The van der Waals surface area contributed by atoms with Crippen molar-refractivity contribution in [2.24, 2.45) is 0 Å². The number of hydrogen-bond acceptors (Lipinski definition) is 2. The molecule has 0 aliphatic rings. The zero-order valence-electron chi connectivity index (χ0n) is 51.6. The SMILES string of the molecule is C/C(=C\c1ccc(N(c2ccc(/C=C(\C)c3ccc(C)cc3)cc2)c2c3cc4ccccc4cc3c(N(c3ccc(/C=C(\C)c4ccc(C)cc4)cc3)c3ccc(/C=C(\C)c4ccc(C)cc4)cc3)c3cc4ccccc4cc23)cc1)c1ccc(C)cc1. The van der Waals surface area contributed by atoms with E-state index in [1.54, 1.807) is 0 Å². The second kappa shape index (κ2) is 24.4. The molecule has 0 amide bonds. The Labute approximate surface area is 519 Å². The summed E-state index contributed by atoms with van der Waals surface area (Å²) in [5, 5.41) is 9.26. The maximum Gasteiger partial charge on any atom is 0.0620 e. The average molecular weight is 1130 g/mol. The fourth-order valence-electron chi connectivity index (χ4n) is 12.3. The van der Waals surface area contributed by atoms with Gasteiger partial charge in [0.05, 0.1) is 11.4 Å². The van der Waals surface area contributed by atoms with Crippen molar-refractivity contribution in [1.29, 1.82) is 0 Å². The normalized spacial score (nSPS) is 12.4. The van der Waals surface area contributed by atoms with Crippen LogP contribution < -0.4 is 9.80 Å². The van der Waals surface area contributed by atoms with Crippen molar-refractivity contribution in [3.63, 3.8) is 0 Å². The van der Waals surface area contributed by atoms with Gasteiger partial charge >= 0.3 is 0 Å². The molecule has 13 rings (SSSR count). The lowest BCUT2D eigenvalue weighted by Gasteiger charge is -2.33. The molecular weight excluding hydrogens is 1060 g/mol. The molecule has 0 saturated heterocycles. The van der Waals surface area contributed by atoms with Crippen molar-refractivity contribution in [3.05, 3.63) is 334 Å². The van der Waals surface area contributed by atoms with Gasteiger partial charge in [-0.2, -0.15) is 0 Å². The first-order valence-corrected chi connectivity index (χ1v) is 30.7. The van der Waals surface area contributed by atoms with Gasteiger partial charge in [0, 0.05) is 44.3 Å². The fraction of sp³-hybridized carbons (Fsp3) is 0.0930. The molecule has 13 aromatic carbocycles. The Balaban J connectivity index is 1.06. The highest BCUT2D eigenvalue weighted by Gasteiger charge is 2.27. The highest BCUT2D eigenvalue weighted by molar-refractivity contribution is 6.27. The molecule has 0 unspecified atom stereocenters. The van der Waals surface area contributed by atoms with E-state index in [1.165, 1.54) is 88.3 Å².